The van der Waals surface area contributed by atoms with E-state index in [-0.39, 0.29) is 23.5 Å². The molecule has 0 spiro atoms. The molecule has 29 heavy (non-hydrogen) atoms. The summed E-state index contributed by atoms with van der Waals surface area (Å²) in [6, 6.07) is 10.3. The molecule has 1 heterocycles. The summed E-state index contributed by atoms with van der Waals surface area (Å²) in [5.74, 6) is -0.391. The fourth-order valence-electron chi connectivity index (χ4n) is 2.43. The van der Waals surface area contributed by atoms with Crippen molar-refractivity contribution in [1.29, 1.82) is 0 Å². The largest absolute Gasteiger partial charge is 0.493 e. The first-order valence-electron chi connectivity index (χ1n) is 8.66. The van der Waals surface area contributed by atoms with E-state index in [0.29, 0.717) is 27.6 Å². The highest BCUT2D eigenvalue weighted by atomic mass is 127. The van der Waals surface area contributed by atoms with Gasteiger partial charge in [0.15, 0.2) is 17.2 Å². The number of benzene rings is 2. The van der Waals surface area contributed by atoms with Gasteiger partial charge in [-0.3, -0.25) is 4.79 Å². The molecule has 0 aliphatic carbocycles. The molecule has 0 saturated carbocycles. The van der Waals surface area contributed by atoms with Gasteiger partial charge in [-0.05, 0) is 64.6 Å². The second-order valence-electron chi connectivity index (χ2n) is 6.45. The van der Waals surface area contributed by atoms with Gasteiger partial charge in [0.25, 0.3) is 0 Å². The van der Waals surface area contributed by atoms with Crippen LogP contribution in [0.3, 0.4) is 0 Å². The van der Waals surface area contributed by atoms with Crippen LogP contribution in [-0.2, 0) is 14.3 Å². The highest BCUT2D eigenvalue weighted by Gasteiger charge is 2.26. The molecule has 0 N–H and O–H groups in total. The lowest BCUT2D eigenvalue weighted by Gasteiger charge is -2.11. The molecule has 0 saturated heterocycles. The van der Waals surface area contributed by atoms with Crippen LogP contribution in [0.1, 0.15) is 25.0 Å². The zero-order valence-electron chi connectivity index (χ0n) is 15.9. The van der Waals surface area contributed by atoms with Crippen molar-refractivity contribution in [3.05, 3.63) is 61.8 Å². The van der Waals surface area contributed by atoms with Crippen molar-refractivity contribution in [2.45, 2.75) is 13.8 Å². The van der Waals surface area contributed by atoms with Crippen molar-refractivity contribution in [1.82, 2.24) is 0 Å². The van der Waals surface area contributed by atoms with Crippen LogP contribution in [0.25, 0.3) is 6.08 Å². The highest BCUT2D eigenvalue weighted by Crippen LogP contribution is 2.31. The summed E-state index contributed by atoms with van der Waals surface area (Å²) in [4.78, 5) is 28.4. The van der Waals surface area contributed by atoms with Crippen LogP contribution in [0.2, 0.25) is 5.02 Å². The number of esters is 2. The molecular weight excluding hydrogens is 509 g/mol. The van der Waals surface area contributed by atoms with Crippen molar-refractivity contribution in [3.63, 3.8) is 0 Å². The molecule has 150 valence electrons. The van der Waals surface area contributed by atoms with Crippen LogP contribution in [0.5, 0.6) is 11.5 Å². The van der Waals surface area contributed by atoms with Gasteiger partial charge in [0.2, 0.25) is 5.90 Å². The Balaban J connectivity index is 1.91. The van der Waals surface area contributed by atoms with Crippen molar-refractivity contribution in [2.24, 2.45) is 10.9 Å². The predicted molar refractivity (Wildman–Crippen MR) is 118 cm³/mol. The van der Waals surface area contributed by atoms with E-state index in [9.17, 15) is 9.59 Å². The van der Waals surface area contributed by atoms with E-state index in [0.717, 1.165) is 3.57 Å². The fraction of sp³-hybridized carbons (Fsp3) is 0.190. The SMILES string of the molecule is COc1cc(/C=C2\N=C(c3cc(I)ccc3Cl)OC2=O)ccc1OC(=O)C(C)C. The van der Waals surface area contributed by atoms with Crippen molar-refractivity contribution >= 4 is 58.1 Å². The molecule has 0 radical (unpaired) electrons. The van der Waals surface area contributed by atoms with Crippen LogP contribution < -0.4 is 9.47 Å². The van der Waals surface area contributed by atoms with E-state index in [2.05, 4.69) is 27.6 Å². The minimum absolute atomic E-state index is 0.129. The van der Waals surface area contributed by atoms with Gasteiger partial charge in [0.05, 0.1) is 23.6 Å². The Labute approximate surface area is 186 Å². The van der Waals surface area contributed by atoms with Gasteiger partial charge in [0.1, 0.15) is 0 Å². The third-order valence-corrected chi connectivity index (χ3v) is 4.95. The lowest BCUT2D eigenvalue weighted by Crippen LogP contribution is -2.15. The van der Waals surface area contributed by atoms with E-state index in [1.165, 1.54) is 7.11 Å². The molecule has 0 atom stereocenters. The second kappa shape index (κ2) is 8.96. The van der Waals surface area contributed by atoms with Crippen molar-refractivity contribution in [3.8, 4) is 11.5 Å². The standard InChI is InChI=1S/C21H17ClINO5/c1-11(2)20(25)28-17-7-4-12(9-18(17)27-3)8-16-21(26)29-19(24-16)14-10-13(23)5-6-15(14)22/h4-11H,1-3H3/b16-8-. The number of rotatable bonds is 5. The molecule has 2 aromatic rings. The number of carbonyl (C=O) groups is 2. The van der Waals surface area contributed by atoms with Crippen LogP contribution in [0.15, 0.2) is 47.1 Å². The number of nitrogens with zero attached hydrogens (tertiary/aromatic N) is 1. The van der Waals surface area contributed by atoms with Crippen LogP contribution in [-0.4, -0.2) is 24.9 Å². The maximum atomic E-state index is 12.2. The average molecular weight is 526 g/mol. The number of aliphatic imine (C=N–C) groups is 1. The quantitative estimate of drug-likeness (QED) is 0.241. The highest BCUT2D eigenvalue weighted by molar-refractivity contribution is 14.1. The zero-order chi connectivity index (χ0) is 21.1. The number of cyclic esters (lactones) is 1. The normalized spacial score (nSPS) is 14.8. The van der Waals surface area contributed by atoms with Crippen molar-refractivity contribution < 1.29 is 23.8 Å². The maximum absolute atomic E-state index is 12.2. The molecular formula is C21H17ClINO5. The van der Waals surface area contributed by atoms with Gasteiger partial charge in [-0.25, -0.2) is 9.79 Å². The van der Waals surface area contributed by atoms with Crippen LogP contribution in [0, 0.1) is 9.49 Å². The molecule has 3 rings (SSSR count). The van der Waals surface area contributed by atoms with E-state index < -0.39 is 5.97 Å². The number of hydrogen-bond acceptors (Lipinski definition) is 6. The minimum atomic E-state index is -0.579. The Hall–Kier alpha value is -2.39. The van der Waals surface area contributed by atoms with Gasteiger partial charge in [-0.15, -0.1) is 0 Å². The second-order valence-corrected chi connectivity index (χ2v) is 8.10. The predicted octanol–water partition coefficient (Wildman–Crippen LogP) is 4.86. The third kappa shape index (κ3) is 4.97. The Morgan fingerprint density at radius 1 is 1.21 bits per heavy atom. The molecule has 0 fully saturated rings. The smallest absolute Gasteiger partial charge is 0.363 e. The van der Waals surface area contributed by atoms with Gasteiger partial charge in [0, 0.05) is 3.57 Å². The summed E-state index contributed by atoms with van der Waals surface area (Å²) in [6.07, 6.45) is 1.56. The lowest BCUT2D eigenvalue weighted by atomic mass is 10.1. The number of ether oxygens (including phenoxy) is 3. The van der Waals surface area contributed by atoms with Gasteiger partial charge < -0.3 is 14.2 Å². The van der Waals surface area contributed by atoms with Crippen LogP contribution in [0.4, 0.5) is 0 Å². The Morgan fingerprint density at radius 2 is 1.97 bits per heavy atom. The first-order valence-corrected chi connectivity index (χ1v) is 10.1. The fourth-order valence-corrected chi connectivity index (χ4v) is 3.12. The maximum Gasteiger partial charge on any atom is 0.363 e. The molecule has 1 aliphatic heterocycles. The third-order valence-electron chi connectivity index (χ3n) is 3.95. The summed E-state index contributed by atoms with van der Waals surface area (Å²) in [7, 11) is 1.47. The van der Waals surface area contributed by atoms with Gasteiger partial charge in [-0.1, -0.05) is 31.5 Å². The molecule has 8 heteroatoms. The molecule has 2 aromatic carbocycles. The summed E-state index contributed by atoms with van der Waals surface area (Å²) < 4.78 is 16.8. The Kier molecular flexibility index (Phi) is 6.59. The van der Waals surface area contributed by atoms with E-state index in [4.69, 9.17) is 25.8 Å². The summed E-state index contributed by atoms with van der Waals surface area (Å²) >= 11 is 8.34. The lowest BCUT2D eigenvalue weighted by molar-refractivity contribution is -0.137. The Morgan fingerprint density at radius 3 is 2.66 bits per heavy atom. The molecule has 0 unspecified atom stereocenters. The van der Waals surface area contributed by atoms with Crippen molar-refractivity contribution in [2.75, 3.05) is 7.11 Å². The van der Waals surface area contributed by atoms with E-state index >= 15 is 0 Å². The topological polar surface area (TPSA) is 74.2 Å². The van der Waals surface area contributed by atoms with E-state index in [1.807, 2.05) is 6.07 Å². The number of hydrogen-bond donors (Lipinski definition) is 0. The molecule has 1 aliphatic rings. The molecule has 0 aromatic heterocycles. The van der Waals surface area contributed by atoms with Crippen LogP contribution >= 0.6 is 34.2 Å². The molecule has 6 nitrogen and oxygen atoms in total. The number of halogens is 2. The molecule has 0 bridgehead atoms. The molecule has 0 amide bonds. The zero-order valence-corrected chi connectivity index (χ0v) is 18.8. The van der Waals surface area contributed by atoms with E-state index in [1.54, 1.807) is 50.3 Å². The Bertz CT molecular complexity index is 1050. The first-order chi connectivity index (χ1) is 13.8. The monoisotopic (exact) mass is 525 g/mol. The summed E-state index contributed by atoms with van der Waals surface area (Å²) in [6.45, 7) is 3.49. The van der Waals surface area contributed by atoms with Gasteiger partial charge in [-0.2, -0.15) is 0 Å². The average Bonchev–Trinajstić information content (AvgIpc) is 3.04. The number of methoxy groups -OCH3 is 1. The van der Waals surface area contributed by atoms with Gasteiger partial charge >= 0.3 is 11.9 Å². The minimum Gasteiger partial charge on any atom is -0.493 e. The number of carbonyl (C=O) groups excluding carboxylic acids is 2. The summed E-state index contributed by atoms with van der Waals surface area (Å²) in [5, 5.41) is 0.441. The first kappa shape index (κ1) is 21.3. The summed E-state index contributed by atoms with van der Waals surface area (Å²) in [5.41, 5.74) is 1.31.